The standard InChI is InChI=1S/C12H22N4O2/c13-10(14)12(4-2-1-3-5-12)15-11(17)16-6-8-18-9-7-16/h1-9H2,(H3,13,14)(H,15,17). The molecule has 0 unspecified atom stereocenters. The molecule has 2 aliphatic rings. The van der Waals surface area contributed by atoms with Gasteiger partial charge in [0.1, 0.15) is 5.84 Å². The highest BCUT2D eigenvalue weighted by Crippen LogP contribution is 2.28. The highest BCUT2D eigenvalue weighted by atomic mass is 16.5. The van der Waals surface area contributed by atoms with Gasteiger partial charge in [0.2, 0.25) is 0 Å². The van der Waals surface area contributed by atoms with E-state index in [4.69, 9.17) is 15.9 Å². The average molecular weight is 254 g/mol. The van der Waals surface area contributed by atoms with Crippen LogP contribution in [0, 0.1) is 5.41 Å². The molecule has 2 amide bonds. The molecule has 1 aliphatic heterocycles. The summed E-state index contributed by atoms with van der Waals surface area (Å²) >= 11 is 0. The van der Waals surface area contributed by atoms with Crippen LogP contribution >= 0.6 is 0 Å². The van der Waals surface area contributed by atoms with E-state index in [0.717, 1.165) is 32.1 Å². The molecule has 1 saturated carbocycles. The van der Waals surface area contributed by atoms with Crippen LogP contribution in [0.4, 0.5) is 4.79 Å². The van der Waals surface area contributed by atoms with E-state index >= 15 is 0 Å². The number of nitrogens with one attached hydrogen (secondary N) is 2. The van der Waals surface area contributed by atoms with E-state index in [0.29, 0.717) is 26.3 Å². The second-order valence-corrected chi connectivity index (χ2v) is 5.09. The zero-order chi connectivity index (χ0) is 13.0. The van der Waals surface area contributed by atoms with E-state index < -0.39 is 5.54 Å². The maximum atomic E-state index is 12.2. The molecule has 2 fully saturated rings. The third kappa shape index (κ3) is 2.75. The first-order valence-electron chi connectivity index (χ1n) is 6.63. The molecule has 0 atom stereocenters. The first-order chi connectivity index (χ1) is 8.64. The van der Waals surface area contributed by atoms with Crippen LogP contribution in [0.3, 0.4) is 0 Å². The van der Waals surface area contributed by atoms with E-state index in [1.807, 2.05) is 0 Å². The van der Waals surface area contributed by atoms with Crippen LogP contribution in [-0.2, 0) is 4.74 Å². The second kappa shape index (κ2) is 5.56. The van der Waals surface area contributed by atoms with Gasteiger partial charge in [0.15, 0.2) is 0 Å². The second-order valence-electron chi connectivity index (χ2n) is 5.09. The van der Waals surface area contributed by atoms with E-state index in [1.165, 1.54) is 0 Å². The van der Waals surface area contributed by atoms with Crippen LogP contribution in [0.15, 0.2) is 0 Å². The van der Waals surface area contributed by atoms with Crippen molar-refractivity contribution in [1.82, 2.24) is 10.2 Å². The van der Waals surface area contributed by atoms with Crippen molar-refractivity contribution in [3.8, 4) is 0 Å². The van der Waals surface area contributed by atoms with Crippen LogP contribution in [-0.4, -0.2) is 48.6 Å². The van der Waals surface area contributed by atoms with Gasteiger partial charge in [0, 0.05) is 13.1 Å². The Bertz CT molecular complexity index is 320. The Morgan fingerprint density at radius 1 is 1.22 bits per heavy atom. The third-order valence-electron chi connectivity index (χ3n) is 3.87. The smallest absolute Gasteiger partial charge is 0.318 e. The number of carbonyl (C=O) groups excluding carboxylic acids is 1. The number of urea groups is 1. The van der Waals surface area contributed by atoms with Crippen molar-refractivity contribution in [2.45, 2.75) is 37.6 Å². The van der Waals surface area contributed by atoms with Crippen LogP contribution < -0.4 is 11.1 Å². The molecule has 6 heteroatoms. The number of hydrogen-bond acceptors (Lipinski definition) is 3. The number of nitrogens with zero attached hydrogens (tertiary/aromatic N) is 1. The van der Waals surface area contributed by atoms with Gasteiger partial charge in [-0.1, -0.05) is 19.3 Å². The van der Waals surface area contributed by atoms with Gasteiger partial charge in [-0.2, -0.15) is 0 Å². The highest BCUT2D eigenvalue weighted by Gasteiger charge is 2.37. The maximum Gasteiger partial charge on any atom is 0.318 e. The third-order valence-corrected chi connectivity index (χ3v) is 3.87. The Morgan fingerprint density at radius 3 is 2.39 bits per heavy atom. The van der Waals surface area contributed by atoms with Gasteiger partial charge in [-0.25, -0.2) is 4.79 Å². The molecule has 0 radical (unpaired) electrons. The number of morpholine rings is 1. The molecule has 1 saturated heterocycles. The molecular formula is C12H22N4O2. The summed E-state index contributed by atoms with van der Waals surface area (Å²) in [7, 11) is 0. The van der Waals surface area contributed by atoms with Gasteiger partial charge in [0.25, 0.3) is 0 Å². The van der Waals surface area contributed by atoms with Crippen LogP contribution in [0.1, 0.15) is 32.1 Å². The lowest BCUT2D eigenvalue weighted by molar-refractivity contribution is 0.0513. The van der Waals surface area contributed by atoms with E-state index in [1.54, 1.807) is 4.90 Å². The number of nitrogens with two attached hydrogens (primary N) is 1. The van der Waals surface area contributed by atoms with Crippen LogP contribution in [0.25, 0.3) is 0 Å². The molecule has 0 aromatic heterocycles. The molecule has 1 heterocycles. The van der Waals surface area contributed by atoms with Gasteiger partial charge in [-0.05, 0) is 12.8 Å². The van der Waals surface area contributed by atoms with Crippen molar-refractivity contribution in [2.75, 3.05) is 26.3 Å². The molecule has 18 heavy (non-hydrogen) atoms. The number of rotatable bonds is 2. The first kappa shape index (κ1) is 13.1. The van der Waals surface area contributed by atoms with Crippen molar-refractivity contribution in [3.63, 3.8) is 0 Å². The van der Waals surface area contributed by atoms with E-state index in [2.05, 4.69) is 5.32 Å². The van der Waals surface area contributed by atoms with Crippen molar-refractivity contribution in [2.24, 2.45) is 5.73 Å². The molecule has 0 aromatic carbocycles. The summed E-state index contributed by atoms with van der Waals surface area (Å²) in [5.41, 5.74) is 5.09. The number of carbonyl (C=O) groups is 1. The zero-order valence-corrected chi connectivity index (χ0v) is 10.7. The minimum absolute atomic E-state index is 0.0869. The number of amides is 2. The fourth-order valence-corrected chi connectivity index (χ4v) is 2.67. The lowest BCUT2D eigenvalue weighted by Crippen LogP contribution is -2.61. The molecule has 0 aromatic rings. The topological polar surface area (TPSA) is 91.4 Å². The molecular weight excluding hydrogens is 232 g/mol. The van der Waals surface area contributed by atoms with Gasteiger partial charge in [-0.3, -0.25) is 5.41 Å². The van der Waals surface area contributed by atoms with Crippen molar-refractivity contribution in [1.29, 1.82) is 5.41 Å². The maximum absolute atomic E-state index is 12.2. The van der Waals surface area contributed by atoms with E-state index in [9.17, 15) is 4.79 Å². The molecule has 102 valence electrons. The summed E-state index contributed by atoms with van der Waals surface area (Å²) in [6.45, 7) is 2.39. The lowest BCUT2D eigenvalue weighted by atomic mass is 9.81. The van der Waals surface area contributed by atoms with Crippen molar-refractivity contribution >= 4 is 11.9 Å². The van der Waals surface area contributed by atoms with Crippen molar-refractivity contribution < 1.29 is 9.53 Å². The average Bonchev–Trinajstić information content (AvgIpc) is 2.40. The summed E-state index contributed by atoms with van der Waals surface area (Å²) in [5.74, 6) is 0.0869. The number of hydrogen-bond donors (Lipinski definition) is 3. The summed E-state index contributed by atoms with van der Waals surface area (Å²) in [6, 6.07) is -0.115. The number of amidine groups is 1. The predicted molar refractivity (Wildman–Crippen MR) is 68.7 cm³/mol. The Morgan fingerprint density at radius 2 is 1.83 bits per heavy atom. The SMILES string of the molecule is N=C(N)C1(NC(=O)N2CCOCC2)CCCCC1. The minimum atomic E-state index is -0.617. The zero-order valence-electron chi connectivity index (χ0n) is 10.7. The molecule has 0 bridgehead atoms. The Hall–Kier alpha value is -1.30. The Kier molecular flexibility index (Phi) is 4.06. The quantitative estimate of drug-likeness (QED) is 0.499. The predicted octanol–water partition coefficient (Wildman–Crippen LogP) is 0.667. The fraction of sp³-hybridized carbons (Fsp3) is 0.833. The summed E-state index contributed by atoms with van der Waals surface area (Å²) < 4.78 is 5.22. The van der Waals surface area contributed by atoms with Gasteiger partial charge in [-0.15, -0.1) is 0 Å². The van der Waals surface area contributed by atoms with Gasteiger partial charge >= 0.3 is 6.03 Å². The van der Waals surface area contributed by atoms with Crippen LogP contribution in [0.2, 0.25) is 0 Å². The van der Waals surface area contributed by atoms with Gasteiger partial charge in [0.05, 0.1) is 18.8 Å². The summed E-state index contributed by atoms with van der Waals surface area (Å²) in [4.78, 5) is 13.9. The molecule has 0 spiro atoms. The fourth-order valence-electron chi connectivity index (χ4n) is 2.67. The Balaban J connectivity index is 1.99. The van der Waals surface area contributed by atoms with Gasteiger partial charge < -0.3 is 20.7 Å². The van der Waals surface area contributed by atoms with E-state index in [-0.39, 0.29) is 11.9 Å². The normalized spacial score (nSPS) is 23.4. The largest absolute Gasteiger partial charge is 0.386 e. The molecule has 2 rings (SSSR count). The highest BCUT2D eigenvalue weighted by molar-refractivity contribution is 5.91. The van der Waals surface area contributed by atoms with Crippen molar-refractivity contribution in [3.05, 3.63) is 0 Å². The first-order valence-corrected chi connectivity index (χ1v) is 6.63. The minimum Gasteiger partial charge on any atom is -0.386 e. The Labute approximate surface area is 107 Å². The number of ether oxygens (including phenoxy) is 1. The molecule has 6 nitrogen and oxygen atoms in total. The monoisotopic (exact) mass is 254 g/mol. The summed E-state index contributed by atoms with van der Waals surface area (Å²) in [5, 5.41) is 10.7. The van der Waals surface area contributed by atoms with Crippen LogP contribution in [0.5, 0.6) is 0 Å². The molecule has 1 aliphatic carbocycles. The molecule has 4 N–H and O–H groups in total. The summed E-state index contributed by atoms with van der Waals surface area (Å²) in [6.07, 6.45) is 4.74. The lowest BCUT2D eigenvalue weighted by Gasteiger charge is -2.39.